The molecule has 10 nitrogen and oxygen atoms in total. The number of para-hydroxylation sites is 1. The van der Waals surface area contributed by atoms with Crippen molar-refractivity contribution in [3.63, 3.8) is 0 Å². The van der Waals surface area contributed by atoms with E-state index in [0.29, 0.717) is 30.1 Å². The van der Waals surface area contributed by atoms with Crippen molar-refractivity contribution < 1.29 is 18.7 Å². The van der Waals surface area contributed by atoms with Crippen molar-refractivity contribution >= 4 is 45.6 Å². The Labute approximate surface area is 273 Å². The van der Waals surface area contributed by atoms with Crippen molar-refractivity contribution in [1.82, 2.24) is 25.1 Å². The molecule has 0 aliphatic rings. The number of nitrogens with one attached hydrogen (secondary N) is 2. The van der Waals surface area contributed by atoms with Gasteiger partial charge in [0.2, 0.25) is 0 Å². The number of pyridine rings is 2. The molecule has 13 heteroatoms. The minimum Gasteiger partial charge on any atom is -0.453 e. The largest absolute Gasteiger partial charge is 0.453 e. The molecule has 2 N–H and O–H groups in total. The van der Waals surface area contributed by atoms with Crippen molar-refractivity contribution in [3.05, 3.63) is 125 Å². The number of anilines is 1. The molecule has 1 amide bonds. The lowest BCUT2D eigenvalue weighted by atomic mass is 10.2. The highest BCUT2D eigenvalue weighted by Crippen LogP contribution is 2.39. The van der Waals surface area contributed by atoms with Gasteiger partial charge in [-0.05, 0) is 48.0 Å². The fourth-order valence-electron chi connectivity index (χ4n) is 4.52. The predicted molar refractivity (Wildman–Crippen MR) is 178 cm³/mol. The molecular weight excluding hydrogens is 631 g/mol. The van der Waals surface area contributed by atoms with Crippen LogP contribution in [0.4, 0.5) is 10.1 Å². The Morgan fingerprint density at radius 3 is 2.59 bits per heavy atom. The van der Waals surface area contributed by atoms with Crippen LogP contribution in [0.3, 0.4) is 0 Å². The van der Waals surface area contributed by atoms with E-state index in [1.807, 2.05) is 30.5 Å². The lowest BCUT2D eigenvalue weighted by Gasteiger charge is -2.10. The van der Waals surface area contributed by atoms with Crippen LogP contribution in [0.2, 0.25) is 0 Å². The number of hydrogen-bond acceptors (Lipinski definition) is 9. The Bertz CT molecular complexity index is 2020. The molecule has 0 fully saturated rings. The Balaban J connectivity index is 0.00000417. The molecule has 0 saturated carbocycles. The second-order valence-corrected chi connectivity index (χ2v) is 10.9. The number of hydrogen-bond donors (Lipinski definition) is 2. The fourth-order valence-corrected chi connectivity index (χ4v) is 5.56. The van der Waals surface area contributed by atoms with E-state index in [1.165, 1.54) is 35.7 Å². The molecule has 0 radical (unpaired) electrons. The minimum atomic E-state index is -0.692. The zero-order chi connectivity index (χ0) is 31.2. The summed E-state index contributed by atoms with van der Waals surface area (Å²) in [7, 11) is 1.67. The first kappa shape index (κ1) is 32.4. The topological polar surface area (TPSA) is 120 Å². The Hall–Kier alpha value is -5.01. The average molecular weight is 659 g/mol. The van der Waals surface area contributed by atoms with Crippen LogP contribution in [0, 0.1) is 5.82 Å². The number of carbonyl (C=O) groups excluding carboxylic acids is 1. The van der Waals surface area contributed by atoms with Gasteiger partial charge < -0.3 is 20.1 Å². The molecule has 0 saturated heterocycles. The van der Waals surface area contributed by atoms with Gasteiger partial charge in [0.15, 0.2) is 11.6 Å². The molecule has 0 bridgehead atoms. The molecule has 234 valence electrons. The van der Waals surface area contributed by atoms with E-state index >= 15 is 4.39 Å². The third-order valence-electron chi connectivity index (χ3n) is 6.77. The quantitative estimate of drug-likeness (QED) is 0.157. The van der Waals surface area contributed by atoms with E-state index < -0.39 is 17.3 Å². The molecule has 2 aromatic carbocycles. The first-order chi connectivity index (χ1) is 22.0. The van der Waals surface area contributed by atoms with Gasteiger partial charge in [-0.3, -0.25) is 19.6 Å². The molecule has 46 heavy (non-hydrogen) atoms. The smallest absolute Gasteiger partial charge is 0.284 e. The minimum absolute atomic E-state index is 0. The van der Waals surface area contributed by atoms with Crippen LogP contribution in [0.5, 0.6) is 11.5 Å². The molecule has 4 aromatic heterocycles. The van der Waals surface area contributed by atoms with Crippen LogP contribution in [0.25, 0.3) is 26.5 Å². The Morgan fingerprint density at radius 1 is 0.978 bits per heavy atom. The van der Waals surface area contributed by atoms with Gasteiger partial charge in [-0.2, -0.15) is 9.78 Å². The summed E-state index contributed by atoms with van der Waals surface area (Å²) in [5.41, 5.74) is 2.49. The number of thiophene rings is 1. The van der Waals surface area contributed by atoms with Crippen molar-refractivity contribution in [3.8, 4) is 27.8 Å². The molecule has 6 rings (SSSR count). The van der Waals surface area contributed by atoms with Crippen LogP contribution in [-0.2, 0) is 11.3 Å². The summed E-state index contributed by atoms with van der Waals surface area (Å²) >= 11 is 1.44. The third kappa shape index (κ3) is 7.27. The number of fused-ring (bicyclic) bond motifs is 1. The van der Waals surface area contributed by atoms with E-state index in [1.54, 1.807) is 43.6 Å². The predicted octanol–water partition coefficient (Wildman–Crippen LogP) is 6.25. The number of rotatable bonds is 11. The van der Waals surface area contributed by atoms with Crippen molar-refractivity contribution in [2.75, 3.05) is 25.6 Å². The third-order valence-corrected chi connectivity index (χ3v) is 7.93. The number of nitrogens with zero attached hydrogens (tertiary/aromatic N) is 4. The standard InChI is InChI=1S/C33H27FN6O4S.ClH/c1-43-16-15-35-19-21-7-9-26(37-20-21)30-18-27-31(45-30)29(12-13-36-27)44-28-10-8-22(17-25(28)34)39-32(41)24-11-14-38-40(33(24)42)23-5-3-2-4-6-23;/h2-14,17-18,20,35H,15-16,19H2,1H3,(H,39,41);1H. The summed E-state index contributed by atoms with van der Waals surface area (Å²) in [6.45, 7) is 2.08. The highest BCUT2D eigenvalue weighted by atomic mass is 35.5. The maximum absolute atomic E-state index is 15.2. The molecule has 0 unspecified atom stereocenters. The van der Waals surface area contributed by atoms with Crippen LogP contribution < -0.4 is 20.9 Å². The summed E-state index contributed by atoms with van der Waals surface area (Å²) in [4.78, 5) is 35.8. The summed E-state index contributed by atoms with van der Waals surface area (Å²) in [5, 5.41) is 9.93. The highest BCUT2D eigenvalue weighted by Gasteiger charge is 2.17. The zero-order valence-electron chi connectivity index (χ0n) is 24.5. The van der Waals surface area contributed by atoms with Crippen LogP contribution in [0.1, 0.15) is 15.9 Å². The number of halogens is 2. The van der Waals surface area contributed by atoms with Gasteiger partial charge in [0.05, 0.1) is 33.1 Å². The summed E-state index contributed by atoms with van der Waals surface area (Å²) in [6, 6.07) is 21.7. The van der Waals surface area contributed by atoms with Gasteiger partial charge >= 0.3 is 0 Å². The van der Waals surface area contributed by atoms with E-state index in [-0.39, 0.29) is 29.4 Å². The van der Waals surface area contributed by atoms with Crippen LogP contribution >= 0.6 is 23.7 Å². The van der Waals surface area contributed by atoms with E-state index in [9.17, 15) is 9.59 Å². The molecule has 6 aromatic rings. The number of benzene rings is 2. The molecule has 0 atom stereocenters. The maximum atomic E-state index is 15.2. The monoisotopic (exact) mass is 658 g/mol. The van der Waals surface area contributed by atoms with Gasteiger partial charge in [0, 0.05) is 56.6 Å². The van der Waals surface area contributed by atoms with Crippen LogP contribution in [0.15, 0.2) is 102 Å². The number of aromatic nitrogens is 4. The number of carbonyl (C=O) groups is 1. The lowest BCUT2D eigenvalue weighted by Crippen LogP contribution is -2.29. The number of amides is 1. The van der Waals surface area contributed by atoms with E-state index in [0.717, 1.165) is 38.1 Å². The summed E-state index contributed by atoms with van der Waals surface area (Å²) in [6.07, 6.45) is 4.79. The Kier molecular flexibility index (Phi) is 10.5. The van der Waals surface area contributed by atoms with Crippen molar-refractivity contribution in [2.45, 2.75) is 6.54 Å². The first-order valence-corrected chi connectivity index (χ1v) is 14.8. The van der Waals surface area contributed by atoms with Gasteiger partial charge in [0.1, 0.15) is 11.3 Å². The van der Waals surface area contributed by atoms with Crippen molar-refractivity contribution in [1.29, 1.82) is 0 Å². The maximum Gasteiger partial charge on any atom is 0.284 e. The highest BCUT2D eigenvalue weighted by molar-refractivity contribution is 7.22. The molecule has 0 aliphatic carbocycles. The van der Waals surface area contributed by atoms with Crippen molar-refractivity contribution in [2.24, 2.45) is 0 Å². The van der Waals surface area contributed by atoms with E-state index in [4.69, 9.17) is 9.47 Å². The van der Waals surface area contributed by atoms with Gasteiger partial charge in [-0.25, -0.2) is 4.39 Å². The van der Waals surface area contributed by atoms with Gasteiger partial charge in [-0.1, -0.05) is 24.3 Å². The molecule has 4 heterocycles. The normalized spacial score (nSPS) is 10.8. The number of ether oxygens (including phenoxy) is 2. The van der Waals surface area contributed by atoms with Gasteiger partial charge in [-0.15, -0.1) is 23.7 Å². The Morgan fingerprint density at radius 2 is 1.83 bits per heavy atom. The molecular formula is C33H28ClFN6O4S. The summed E-state index contributed by atoms with van der Waals surface area (Å²) < 4.78 is 28.1. The fraction of sp³-hybridized carbons (Fsp3) is 0.121. The summed E-state index contributed by atoms with van der Waals surface area (Å²) in [5.74, 6) is -0.980. The second-order valence-electron chi connectivity index (χ2n) is 9.85. The van der Waals surface area contributed by atoms with Gasteiger partial charge in [0.25, 0.3) is 11.5 Å². The first-order valence-electron chi connectivity index (χ1n) is 14.0. The lowest BCUT2D eigenvalue weighted by molar-refractivity contribution is 0.102. The number of methoxy groups -OCH3 is 1. The van der Waals surface area contributed by atoms with Crippen LogP contribution in [-0.4, -0.2) is 45.9 Å². The van der Waals surface area contributed by atoms with E-state index in [2.05, 4.69) is 25.7 Å². The zero-order valence-corrected chi connectivity index (χ0v) is 26.1. The molecule has 0 aliphatic heterocycles. The average Bonchev–Trinajstić information content (AvgIpc) is 3.51. The second kappa shape index (κ2) is 14.8. The SMILES string of the molecule is COCCNCc1ccc(-c2cc3nccc(Oc4ccc(NC(=O)c5ccnn(-c6ccccc6)c5=O)cc4F)c3s2)nc1.Cl. The molecule has 0 spiro atoms.